The number of aryl methyl sites for hydroxylation is 1. The summed E-state index contributed by atoms with van der Waals surface area (Å²) in [5.41, 5.74) is 7.67. The number of hydrogen-bond donors (Lipinski definition) is 2. The zero-order valence-electron chi connectivity index (χ0n) is 13.5. The molecule has 0 spiro atoms. The van der Waals surface area contributed by atoms with Gasteiger partial charge in [-0.2, -0.15) is 0 Å². The molecule has 0 aliphatic carbocycles. The highest BCUT2D eigenvalue weighted by Crippen LogP contribution is 2.19. The predicted octanol–water partition coefficient (Wildman–Crippen LogP) is 3.01. The average molecular weight is 296 g/mol. The summed E-state index contributed by atoms with van der Waals surface area (Å²) in [5, 5.41) is 9.20. The van der Waals surface area contributed by atoms with Gasteiger partial charge in [0.1, 0.15) is 5.82 Å². The molecule has 3 N–H and O–H groups in total. The van der Waals surface area contributed by atoms with Crippen LogP contribution in [0.4, 0.5) is 4.39 Å². The van der Waals surface area contributed by atoms with E-state index in [2.05, 4.69) is 18.7 Å². The van der Waals surface area contributed by atoms with Crippen LogP contribution in [0.3, 0.4) is 0 Å². The molecule has 0 saturated heterocycles. The lowest BCUT2D eigenvalue weighted by atomic mass is 10.0. The van der Waals surface area contributed by atoms with Gasteiger partial charge in [0, 0.05) is 25.2 Å². The molecule has 0 fully saturated rings. The third-order valence-electron chi connectivity index (χ3n) is 4.20. The Morgan fingerprint density at radius 1 is 1.24 bits per heavy atom. The molecular formula is C17H29FN2O. The highest BCUT2D eigenvalue weighted by Gasteiger charge is 2.16. The zero-order chi connectivity index (χ0) is 15.8. The highest BCUT2D eigenvalue weighted by molar-refractivity contribution is 5.25. The monoisotopic (exact) mass is 296 g/mol. The minimum Gasteiger partial charge on any atom is -0.395 e. The maximum absolute atomic E-state index is 13.6. The Morgan fingerprint density at radius 2 is 1.90 bits per heavy atom. The van der Waals surface area contributed by atoms with Crippen molar-refractivity contribution in [2.45, 2.75) is 52.1 Å². The predicted molar refractivity (Wildman–Crippen MR) is 85.7 cm³/mol. The average Bonchev–Trinajstić information content (AvgIpc) is 2.48. The van der Waals surface area contributed by atoms with Crippen molar-refractivity contribution in [3.63, 3.8) is 0 Å². The largest absolute Gasteiger partial charge is 0.395 e. The Labute approximate surface area is 128 Å². The van der Waals surface area contributed by atoms with E-state index in [9.17, 15) is 9.50 Å². The Morgan fingerprint density at radius 3 is 2.43 bits per heavy atom. The van der Waals surface area contributed by atoms with Crippen molar-refractivity contribution < 1.29 is 9.50 Å². The van der Waals surface area contributed by atoms with Crippen LogP contribution in [0.2, 0.25) is 0 Å². The summed E-state index contributed by atoms with van der Waals surface area (Å²) in [5.74, 6) is -0.199. The summed E-state index contributed by atoms with van der Waals surface area (Å²) in [7, 11) is 0. The Kier molecular flexibility index (Phi) is 7.86. The third kappa shape index (κ3) is 5.38. The normalized spacial score (nSPS) is 13.1. The summed E-state index contributed by atoms with van der Waals surface area (Å²) in [6, 6.07) is 5.51. The van der Waals surface area contributed by atoms with Crippen LogP contribution in [0.1, 0.15) is 50.3 Å². The fourth-order valence-corrected chi connectivity index (χ4v) is 2.72. The van der Waals surface area contributed by atoms with E-state index in [0.717, 1.165) is 31.4 Å². The molecule has 0 amide bonds. The maximum Gasteiger partial charge on any atom is 0.126 e. The van der Waals surface area contributed by atoms with Crippen molar-refractivity contribution >= 4 is 0 Å². The number of halogens is 1. The molecule has 3 nitrogen and oxygen atoms in total. The molecule has 1 aromatic carbocycles. The van der Waals surface area contributed by atoms with Gasteiger partial charge in [-0.3, -0.25) is 4.90 Å². The van der Waals surface area contributed by atoms with Gasteiger partial charge >= 0.3 is 0 Å². The van der Waals surface area contributed by atoms with E-state index in [1.165, 1.54) is 6.07 Å². The lowest BCUT2D eigenvalue weighted by Gasteiger charge is -2.30. The first-order valence-corrected chi connectivity index (χ1v) is 7.89. The molecule has 0 bridgehead atoms. The summed E-state index contributed by atoms with van der Waals surface area (Å²) in [4.78, 5) is 2.28. The lowest BCUT2D eigenvalue weighted by molar-refractivity contribution is 0.139. The summed E-state index contributed by atoms with van der Waals surface area (Å²) in [6.07, 6.45) is 2.88. The van der Waals surface area contributed by atoms with Gasteiger partial charge < -0.3 is 10.8 Å². The van der Waals surface area contributed by atoms with Crippen molar-refractivity contribution in [3.8, 4) is 0 Å². The minimum absolute atomic E-state index is 0.158. The molecule has 0 aliphatic heterocycles. The van der Waals surface area contributed by atoms with Crippen molar-refractivity contribution in [1.82, 2.24) is 4.90 Å². The Balaban J connectivity index is 2.63. The van der Waals surface area contributed by atoms with Crippen molar-refractivity contribution in [3.05, 3.63) is 35.1 Å². The first kappa shape index (κ1) is 18.1. The molecule has 1 aromatic rings. The Hall–Kier alpha value is -0.970. The van der Waals surface area contributed by atoms with Crippen LogP contribution in [0.15, 0.2) is 18.2 Å². The lowest BCUT2D eigenvalue weighted by Crippen LogP contribution is -2.38. The van der Waals surface area contributed by atoms with Crippen LogP contribution in [0.25, 0.3) is 0 Å². The smallest absolute Gasteiger partial charge is 0.126 e. The molecule has 0 saturated carbocycles. The SMILES string of the molecule is CCC(CC)N(CCO)CCC(N)c1ccc(C)c(F)c1. The molecule has 4 heteroatoms. The van der Waals surface area contributed by atoms with Gasteiger partial charge in [0.15, 0.2) is 0 Å². The molecule has 1 rings (SSSR count). The van der Waals surface area contributed by atoms with Gasteiger partial charge in [0.05, 0.1) is 6.61 Å². The number of aliphatic hydroxyl groups is 1. The van der Waals surface area contributed by atoms with Crippen LogP contribution >= 0.6 is 0 Å². The van der Waals surface area contributed by atoms with Crippen LogP contribution in [0.5, 0.6) is 0 Å². The van der Waals surface area contributed by atoms with Gasteiger partial charge in [0.2, 0.25) is 0 Å². The number of nitrogens with two attached hydrogens (primary N) is 1. The Bertz CT molecular complexity index is 421. The number of nitrogens with zero attached hydrogens (tertiary/aromatic N) is 1. The van der Waals surface area contributed by atoms with Crippen LogP contribution < -0.4 is 5.73 Å². The molecule has 21 heavy (non-hydrogen) atoms. The fourth-order valence-electron chi connectivity index (χ4n) is 2.72. The standard InChI is InChI=1S/C17H29FN2O/c1-4-15(5-2)20(10-11-21)9-8-17(19)14-7-6-13(3)16(18)12-14/h6-7,12,15,17,21H,4-5,8-11,19H2,1-3H3. The number of rotatable bonds is 9. The molecular weight excluding hydrogens is 267 g/mol. The summed E-state index contributed by atoms with van der Waals surface area (Å²) >= 11 is 0. The van der Waals surface area contributed by atoms with E-state index in [-0.39, 0.29) is 18.5 Å². The number of hydrogen-bond acceptors (Lipinski definition) is 3. The molecule has 0 heterocycles. The first-order chi connectivity index (χ1) is 10.0. The number of aliphatic hydroxyl groups excluding tert-OH is 1. The van der Waals surface area contributed by atoms with Crippen LogP contribution in [0, 0.1) is 12.7 Å². The molecule has 0 radical (unpaired) electrons. The molecule has 1 atom stereocenters. The van der Waals surface area contributed by atoms with E-state index < -0.39 is 0 Å². The number of benzene rings is 1. The van der Waals surface area contributed by atoms with E-state index in [0.29, 0.717) is 18.2 Å². The van der Waals surface area contributed by atoms with Gasteiger partial charge in [-0.1, -0.05) is 26.0 Å². The van der Waals surface area contributed by atoms with Crippen LogP contribution in [-0.2, 0) is 0 Å². The van der Waals surface area contributed by atoms with E-state index in [4.69, 9.17) is 5.73 Å². The van der Waals surface area contributed by atoms with Crippen molar-refractivity contribution in [1.29, 1.82) is 0 Å². The second-order valence-electron chi connectivity index (χ2n) is 5.63. The summed E-state index contributed by atoms with van der Waals surface area (Å²) in [6.45, 7) is 7.72. The van der Waals surface area contributed by atoms with Gasteiger partial charge in [-0.25, -0.2) is 4.39 Å². The van der Waals surface area contributed by atoms with E-state index in [1.54, 1.807) is 13.0 Å². The van der Waals surface area contributed by atoms with E-state index in [1.807, 2.05) is 6.07 Å². The third-order valence-corrected chi connectivity index (χ3v) is 4.20. The fraction of sp³-hybridized carbons (Fsp3) is 0.647. The van der Waals surface area contributed by atoms with Gasteiger partial charge in [-0.05, 0) is 43.4 Å². The second-order valence-corrected chi connectivity index (χ2v) is 5.63. The molecule has 120 valence electrons. The van der Waals surface area contributed by atoms with Crippen LogP contribution in [-0.4, -0.2) is 35.7 Å². The van der Waals surface area contributed by atoms with Crippen molar-refractivity contribution in [2.24, 2.45) is 5.73 Å². The van der Waals surface area contributed by atoms with Crippen molar-refractivity contribution in [2.75, 3.05) is 19.7 Å². The maximum atomic E-state index is 13.6. The molecule has 0 aromatic heterocycles. The minimum atomic E-state index is -0.199. The topological polar surface area (TPSA) is 49.5 Å². The van der Waals surface area contributed by atoms with E-state index >= 15 is 0 Å². The van der Waals surface area contributed by atoms with Gasteiger partial charge in [0.25, 0.3) is 0 Å². The molecule has 1 unspecified atom stereocenters. The molecule has 0 aliphatic rings. The highest BCUT2D eigenvalue weighted by atomic mass is 19.1. The summed E-state index contributed by atoms with van der Waals surface area (Å²) < 4.78 is 13.6. The van der Waals surface area contributed by atoms with Gasteiger partial charge in [-0.15, -0.1) is 0 Å². The second kappa shape index (κ2) is 9.13. The zero-order valence-corrected chi connectivity index (χ0v) is 13.5. The quantitative estimate of drug-likeness (QED) is 0.736. The first-order valence-electron chi connectivity index (χ1n) is 7.89.